The lowest BCUT2D eigenvalue weighted by molar-refractivity contribution is 0.108. The average molecular weight is 209 g/mol. The van der Waals surface area contributed by atoms with Crippen LogP contribution in [-0.4, -0.2) is 27.5 Å². The van der Waals surface area contributed by atoms with Crippen molar-refractivity contribution in [1.29, 1.82) is 0 Å². The maximum absolute atomic E-state index is 5.61. The number of ether oxygens (including phenoxy) is 1. The molecule has 4 heteroatoms. The van der Waals surface area contributed by atoms with Crippen LogP contribution in [0.3, 0.4) is 0 Å². The van der Waals surface area contributed by atoms with Gasteiger partial charge in [0.1, 0.15) is 12.2 Å². The van der Waals surface area contributed by atoms with Crippen LogP contribution in [0.4, 0.5) is 0 Å². The van der Waals surface area contributed by atoms with Crippen LogP contribution in [0.5, 0.6) is 0 Å². The van der Waals surface area contributed by atoms with Crippen molar-refractivity contribution < 1.29 is 4.74 Å². The number of hydrogen-bond acceptors (Lipinski definition) is 3. The highest BCUT2D eigenvalue weighted by molar-refractivity contribution is 4.94. The van der Waals surface area contributed by atoms with Crippen molar-refractivity contribution in [3.63, 3.8) is 0 Å². The topological polar surface area (TPSA) is 39.9 Å². The first-order valence-corrected chi connectivity index (χ1v) is 5.58. The second-order valence-corrected chi connectivity index (χ2v) is 5.13. The molecule has 4 nitrogen and oxygen atoms in total. The largest absolute Gasteiger partial charge is 0.378 e. The van der Waals surface area contributed by atoms with Crippen LogP contribution in [0, 0.1) is 0 Å². The van der Waals surface area contributed by atoms with Gasteiger partial charge in [-0.15, -0.1) is 10.2 Å². The summed E-state index contributed by atoms with van der Waals surface area (Å²) in [5.41, 5.74) is 0.0530. The molecule has 84 valence electrons. The van der Waals surface area contributed by atoms with Gasteiger partial charge in [-0.25, -0.2) is 0 Å². The molecule has 1 atom stereocenters. The highest BCUT2D eigenvalue weighted by atomic mass is 16.5. The molecule has 1 aliphatic rings. The first-order chi connectivity index (χ1) is 7.07. The van der Waals surface area contributed by atoms with Crippen LogP contribution in [0.1, 0.15) is 39.4 Å². The van der Waals surface area contributed by atoms with Crippen molar-refractivity contribution in [1.82, 2.24) is 14.8 Å². The third-order valence-electron chi connectivity index (χ3n) is 2.78. The molecular weight excluding hydrogens is 190 g/mol. The van der Waals surface area contributed by atoms with E-state index in [9.17, 15) is 0 Å². The summed E-state index contributed by atoms with van der Waals surface area (Å²) in [6.45, 7) is 7.38. The molecule has 0 amide bonds. The molecule has 1 aromatic heterocycles. The Morgan fingerprint density at radius 1 is 1.53 bits per heavy atom. The van der Waals surface area contributed by atoms with Crippen LogP contribution in [0.15, 0.2) is 6.33 Å². The Kier molecular flexibility index (Phi) is 2.78. The zero-order valence-corrected chi connectivity index (χ0v) is 9.73. The molecule has 1 aromatic rings. The first kappa shape index (κ1) is 10.6. The van der Waals surface area contributed by atoms with Gasteiger partial charge in [0.15, 0.2) is 0 Å². The number of aromatic nitrogens is 3. The Morgan fingerprint density at radius 3 is 2.93 bits per heavy atom. The Hall–Kier alpha value is -0.900. The van der Waals surface area contributed by atoms with E-state index in [4.69, 9.17) is 4.74 Å². The Morgan fingerprint density at radius 2 is 2.33 bits per heavy atom. The highest BCUT2D eigenvalue weighted by Crippen LogP contribution is 2.20. The van der Waals surface area contributed by atoms with Crippen molar-refractivity contribution in [3.8, 4) is 0 Å². The fourth-order valence-corrected chi connectivity index (χ4v) is 1.97. The molecule has 0 aliphatic carbocycles. The highest BCUT2D eigenvalue weighted by Gasteiger charge is 2.22. The van der Waals surface area contributed by atoms with Gasteiger partial charge in [-0.05, 0) is 33.6 Å². The number of rotatable bonds is 2. The summed E-state index contributed by atoms with van der Waals surface area (Å²) in [4.78, 5) is 0. The van der Waals surface area contributed by atoms with E-state index in [-0.39, 0.29) is 5.54 Å². The van der Waals surface area contributed by atoms with Crippen LogP contribution >= 0.6 is 0 Å². The van der Waals surface area contributed by atoms with E-state index in [0.717, 1.165) is 25.3 Å². The summed E-state index contributed by atoms with van der Waals surface area (Å²) in [5, 5.41) is 8.17. The summed E-state index contributed by atoms with van der Waals surface area (Å²) in [7, 11) is 0. The summed E-state index contributed by atoms with van der Waals surface area (Å²) in [6.07, 6.45) is 5.36. The molecule has 0 N–H and O–H groups in total. The third-order valence-corrected chi connectivity index (χ3v) is 2.78. The molecule has 2 rings (SSSR count). The Balaban J connectivity index is 2.11. The van der Waals surface area contributed by atoms with Crippen LogP contribution < -0.4 is 0 Å². The molecule has 0 aromatic carbocycles. The fourth-order valence-electron chi connectivity index (χ4n) is 1.97. The third kappa shape index (κ3) is 2.37. The fraction of sp³-hybridized carbons (Fsp3) is 0.818. The van der Waals surface area contributed by atoms with E-state index in [0.29, 0.717) is 6.10 Å². The maximum Gasteiger partial charge on any atom is 0.135 e. The van der Waals surface area contributed by atoms with E-state index in [2.05, 4.69) is 35.5 Å². The molecule has 2 heterocycles. The zero-order valence-electron chi connectivity index (χ0n) is 9.73. The molecule has 0 radical (unpaired) electrons. The first-order valence-electron chi connectivity index (χ1n) is 5.58. The van der Waals surface area contributed by atoms with Gasteiger partial charge in [0.05, 0.1) is 6.10 Å². The molecular formula is C11H19N3O. The Bertz CT molecular complexity index is 321. The smallest absolute Gasteiger partial charge is 0.135 e. The van der Waals surface area contributed by atoms with E-state index in [1.54, 1.807) is 0 Å². The predicted molar refractivity (Wildman–Crippen MR) is 57.7 cm³/mol. The Labute approximate surface area is 90.7 Å². The second-order valence-electron chi connectivity index (χ2n) is 5.13. The van der Waals surface area contributed by atoms with Crippen molar-refractivity contribution >= 4 is 0 Å². The summed E-state index contributed by atoms with van der Waals surface area (Å²) in [6, 6.07) is 0. The predicted octanol–water partition coefficient (Wildman–Crippen LogP) is 1.75. The minimum Gasteiger partial charge on any atom is -0.378 e. The molecule has 1 fully saturated rings. The van der Waals surface area contributed by atoms with Crippen molar-refractivity contribution in [2.75, 3.05) is 6.61 Å². The molecule has 1 unspecified atom stereocenters. The van der Waals surface area contributed by atoms with Crippen molar-refractivity contribution in [2.45, 2.75) is 51.7 Å². The monoisotopic (exact) mass is 209 g/mol. The SMILES string of the molecule is CC(C)(C)n1cnnc1CC1CCCO1. The van der Waals surface area contributed by atoms with Gasteiger partial charge >= 0.3 is 0 Å². The van der Waals surface area contributed by atoms with Crippen molar-refractivity contribution in [3.05, 3.63) is 12.2 Å². The van der Waals surface area contributed by atoms with E-state index < -0.39 is 0 Å². The lowest BCUT2D eigenvalue weighted by atomic mass is 10.1. The van der Waals surface area contributed by atoms with Crippen LogP contribution in [0.2, 0.25) is 0 Å². The molecule has 1 aliphatic heterocycles. The summed E-state index contributed by atoms with van der Waals surface area (Å²) in [5.74, 6) is 1.04. The average Bonchev–Trinajstić information content (AvgIpc) is 2.73. The van der Waals surface area contributed by atoms with E-state index in [1.165, 1.54) is 6.42 Å². The van der Waals surface area contributed by atoms with Gasteiger partial charge < -0.3 is 9.30 Å². The van der Waals surface area contributed by atoms with E-state index >= 15 is 0 Å². The normalized spacial score (nSPS) is 22.2. The van der Waals surface area contributed by atoms with Gasteiger partial charge in [0.2, 0.25) is 0 Å². The maximum atomic E-state index is 5.61. The van der Waals surface area contributed by atoms with Crippen LogP contribution in [0.25, 0.3) is 0 Å². The lowest BCUT2D eigenvalue weighted by Crippen LogP contribution is -2.25. The number of hydrogen-bond donors (Lipinski definition) is 0. The van der Waals surface area contributed by atoms with Gasteiger partial charge in [-0.1, -0.05) is 0 Å². The van der Waals surface area contributed by atoms with Gasteiger partial charge in [-0.3, -0.25) is 0 Å². The lowest BCUT2D eigenvalue weighted by Gasteiger charge is -2.23. The quantitative estimate of drug-likeness (QED) is 0.745. The zero-order chi connectivity index (χ0) is 10.9. The van der Waals surface area contributed by atoms with Gasteiger partial charge in [-0.2, -0.15) is 0 Å². The minimum atomic E-state index is 0.0530. The number of nitrogens with zero attached hydrogens (tertiary/aromatic N) is 3. The standard InChI is InChI=1S/C11H19N3O/c1-11(2,3)14-8-12-13-10(14)7-9-5-4-6-15-9/h8-9H,4-7H2,1-3H3. The second kappa shape index (κ2) is 3.93. The summed E-state index contributed by atoms with van der Waals surface area (Å²) >= 11 is 0. The molecule has 0 saturated carbocycles. The van der Waals surface area contributed by atoms with Crippen LogP contribution in [-0.2, 0) is 16.7 Å². The molecule has 15 heavy (non-hydrogen) atoms. The van der Waals surface area contributed by atoms with E-state index in [1.807, 2.05) is 6.33 Å². The minimum absolute atomic E-state index is 0.0530. The molecule has 1 saturated heterocycles. The molecule has 0 bridgehead atoms. The van der Waals surface area contributed by atoms with Gasteiger partial charge in [0.25, 0.3) is 0 Å². The molecule has 0 spiro atoms. The summed E-state index contributed by atoms with van der Waals surface area (Å²) < 4.78 is 7.75. The van der Waals surface area contributed by atoms with Gasteiger partial charge in [0, 0.05) is 18.6 Å². The van der Waals surface area contributed by atoms with Crippen molar-refractivity contribution in [2.24, 2.45) is 0 Å².